The Morgan fingerprint density at radius 3 is 2.85 bits per heavy atom. The number of benzene rings is 1. The van der Waals surface area contributed by atoms with Crippen LogP contribution in [0.15, 0.2) is 48.8 Å². The largest absolute Gasteiger partial charge is 0.371 e. The monoisotopic (exact) mass is 351 g/mol. The molecule has 2 aliphatic heterocycles. The number of aryl methyl sites for hydroxylation is 1. The highest BCUT2D eigenvalue weighted by atomic mass is 16.5. The summed E-state index contributed by atoms with van der Waals surface area (Å²) in [6.07, 6.45) is 4.49. The normalized spacial score (nSPS) is 25.2. The summed E-state index contributed by atoms with van der Waals surface area (Å²) >= 11 is 0. The third-order valence-corrected chi connectivity index (χ3v) is 5.29. The van der Waals surface area contributed by atoms with Crippen molar-refractivity contribution >= 4 is 5.91 Å². The first-order valence-corrected chi connectivity index (χ1v) is 9.27. The van der Waals surface area contributed by atoms with Gasteiger partial charge in [0.2, 0.25) is 5.91 Å². The molecular formula is C21H25N3O2. The number of carbonyl (C=O) groups is 1. The van der Waals surface area contributed by atoms with Crippen LogP contribution in [0.4, 0.5) is 0 Å². The maximum atomic E-state index is 12.6. The van der Waals surface area contributed by atoms with Crippen LogP contribution in [0.5, 0.6) is 0 Å². The van der Waals surface area contributed by atoms with Crippen LogP contribution in [0, 0.1) is 12.8 Å². The zero-order chi connectivity index (χ0) is 17.9. The SMILES string of the molecule is Cc1ccc(CN2C[C@@H]3C[C@@H](C(=O)NCc4cccnc4)[C@H](C2)O3)cc1. The van der Waals surface area contributed by atoms with Crippen LogP contribution in [0.25, 0.3) is 0 Å². The smallest absolute Gasteiger partial charge is 0.226 e. The molecule has 1 aromatic heterocycles. The van der Waals surface area contributed by atoms with E-state index in [-0.39, 0.29) is 24.0 Å². The van der Waals surface area contributed by atoms with E-state index in [4.69, 9.17) is 4.74 Å². The molecule has 2 fully saturated rings. The average Bonchev–Trinajstić information content (AvgIpc) is 2.97. The molecule has 2 aliphatic rings. The Morgan fingerprint density at radius 2 is 2.08 bits per heavy atom. The lowest BCUT2D eigenvalue weighted by Gasteiger charge is -2.32. The van der Waals surface area contributed by atoms with Crippen LogP contribution in [-0.4, -0.2) is 41.1 Å². The Kier molecular flexibility index (Phi) is 5.00. The van der Waals surface area contributed by atoms with Crippen molar-refractivity contribution in [1.29, 1.82) is 0 Å². The quantitative estimate of drug-likeness (QED) is 0.898. The van der Waals surface area contributed by atoms with Crippen LogP contribution in [0.2, 0.25) is 0 Å². The summed E-state index contributed by atoms with van der Waals surface area (Å²) < 4.78 is 6.06. The Morgan fingerprint density at radius 1 is 1.23 bits per heavy atom. The molecule has 26 heavy (non-hydrogen) atoms. The summed E-state index contributed by atoms with van der Waals surface area (Å²) in [4.78, 5) is 19.1. The predicted molar refractivity (Wildman–Crippen MR) is 99.3 cm³/mol. The van der Waals surface area contributed by atoms with Crippen LogP contribution in [0.1, 0.15) is 23.1 Å². The molecule has 0 aliphatic carbocycles. The van der Waals surface area contributed by atoms with E-state index in [1.165, 1.54) is 11.1 Å². The standard InChI is InChI=1S/C21H25N3O2/c1-15-4-6-16(7-5-15)12-24-13-18-9-19(20(14-24)26-18)21(25)23-11-17-3-2-8-22-10-17/h2-8,10,18-20H,9,11-14H2,1H3,(H,23,25)/t18-,19+,20-/m0/s1. The predicted octanol–water partition coefficient (Wildman–Crippen LogP) is 2.30. The van der Waals surface area contributed by atoms with Crippen LogP contribution < -0.4 is 5.32 Å². The molecule has 5 nitrogen and oxygen atoms in total. The molecule has 2 saturated heterocycles. The highest BCUT2D eigenvalue weighted by Crippen LogP contribution is 2.32. The molecule has 1 N–H and O–H groups in total. The number of hydrogen-bond acceptors (Lipinski definition) is 4. The van der Waals surface area contributed by atoms with Gasteiger partial charge in [-0.3, -0.25) is 14.7 Å². The van der Waals surface area contributed by atoms with Crippen LogP contribution in [-0.2, 0) is 22.6 Å². The molecule has 4 rings (SSSR count). The Hall–Kier alpha value is -2.24. The second kappa shape index (κ2) is 7.56. The van der Waals surface area contributed by atoms with E-state index in [1.807, 2.05) is 12.1 Å². The van der Waals surface area contributed by atoms with Gasteiger partial charge in [-0.1, -0.05) is 35.9 Å². The van der Waals surface area contributed by atoms with Gasteiger partial charge in [-0.15, -0.1) is 0 Å². The van der Waals surface area contributed by atoms with Crippen LogP contribution >= 0.6 is 0 Å². The van der Waals surface area contributed by atoms with Crippen molar-refractivity contribution in [2.75, 3.05) is 13.1 Å². The number of rotatable bonds is 5. The molecule has 1 amide bonds. The van der Waals surface area contributed by atoms with Crippen molar-refractivity contribution in [3.8, 4) is 0 Å². The van der Waals surface area contributed by atoms with Gasteiger partial charge in [-0.2, -0.15) is 0 Å². The van der Waals surface area contributed by atoms with Crippen molar-refractivity contribution in [2.24, 2.45) is 5.92 Å². The van der Waals surface area contributed by atoms with E-state index in [0.717, 1.165) is 31.6 Å². The summed E-state index contributed by atoms with van der Waals surface area (Å²) in [6.45, 7) is 5.26. The van der Waals surface area contributed by atoms with Gasteiger partial charge in [0.25, 0.3) is 0 Å². The lowest BCUT2D eigenvalue weighted by Crippen LogP contribution is -2.44. The summed E-state index contributed by atoms with van der Waals surface area (Å²) in [7, 11) is 0. The first kappa shape index (κ1) is 17.2. The topological polar surface area (TPSA) is 54.5 Å². The molecule has 0 radical (unpaired) electrons. The number of ether oxygens (including phenoxy) is 1. The minimum atomic E-state index is -0.0558. The van der Waals surface area contributed by atoms with E-state index >= 15 is 0 Å². The first-order valence-electron chi connectivity index (χ1n) is 9.27. The van der Waals surface area contributed by atoms with Crippen molar-refractivity contribution in [2.45, 2.75) is 38.6 Å². The molecule has 2 bridgehead atoms. The fourth-order valence-corrected chi connectivity index (χ4v) is 3.92. The van der Waals surface area contributed by atoms with Gasteiger partial charge in [0.15, 0.2) is 0 Å². The number of aromatic nitrogens is 1. The lowest BCUT2D eigenvalue weighted by atomic mass is 9.99. The summed E-state index contributed by atoms with van der Waals surface area (Å²) in [6, 6.07) is 12.5. The van der Waals surface area contributed by atoms with Gasteiger partial charge in [0.05, 0.1) is 18.1 Å². The Bertz CT molecular complexity index is 748. The van der Waals surface area contributed by atoms with Gasteiger partial charge in [-0.05, 0) is 30.5 Å². The Balaban J connectivity index is 1.33. The third-order valence-electron chi connectivity index (χ3n) is 5.29. The second-order valence-corrected chi connectivity index (χ2v) is 7.40. The number of morpholine rings is 1. The molecule has 1 aromatic carbocycles. The number of carbonyl (C=O) groups excluding carboxylic acids is 1. The van der Waals surface area contributed by atoms with Crippen molar-refractivity contribution in [3.05, 3.63) is 65.5 Å². The fourth-order valence-electron chi connectivity index (χ4n) is 3.92. The van der Waals surface area contributed by atoms with Crippen LogP contribution in [0.3, 0.4) is 0 Å². The summed E-state index contributed by atoms with van der Waals surface area (Å²) in [5, 5.41) is 3.05. The van der Waals surface area contributed by atoms with E-state index in [2.05, 4.69) is 46.4 Å². The molecule has 2 aromatic rings. The zero-order valence-electron chi connectivity index (χ0n) is 15.1. The van der Waals surface area contributed by atoms with Crippen molar-refractivity contribution in [3.63, 3.8) is 0 Å². The second-order valence-electron chi connectivity index (χ2n) is 7.40. The number of pyridine rings is 1. The van der Waals surface area contributed by atoms with Gasteiger partial charge < -0.3 is 10.1 Å². The molecule has 0 spiro atoms. The first-order chi connectivity index (χ1) is 12.7. The zero-order valence-corrected chi connectivity index (χ0v) is 15.1. The highest BCUT2D eigenvalue weighted by Gasteiger charge is 2.44. The maximum Gasteiger partial charge on any atom is 0.226 e. The number of nitrogens with one attached hydrogen (secondary N) is 1. The number of hydrogen-bond donors (Lipinski definition) is 1. The molecule has 0 saturated carbocycles. The molecule has 0 unspecified atom stereocenters. The maximum absolute atomic E-state index is 12.6. The average molecular weight is 351 g/mol. The lowest BCUT2D eigenvalue weighted by molar-refractivity contribution is -0.128. The number of nitrogens with zero attached hydrogens (tertiary/aromatic N) is 2. The van der Waals surface area contributed by atoms with Crippen molar-refractivity contribution < 1.29 is 9.53 Å². The minimum absolute atomic E-state index is 0.00639. The number of amides is 1. The summed E-state index contributed by atoms with van der Waals surface area (Å²) in [5.74, 6) is 0.0400. The van der Waals surface area contributed by atoms with E-state index < -0.39 is 0 Å². The van der Waals surface area contributed by atoms with E-state index in [1.54, 1.807) is 12.4 Å². The molecule has 136 valence electrons. The van der Waals surface area contributed by atoms with E-state index in [9.17, 15) is 4.79 Å². The molecule has 3 heterocycles. The van der Waals surface area contributed by atoms with Crippen molar-refractivity contribution in [1.82, 2.24) is 15.2 Å². The minimum Gasteiger partial charge on any atom is -0.371 e. The number of likely N-dealkylation sites (tertiary alicyclic amines) is 1. The third kappa shape index (κ3) is 3.94. The Labute approximate surface area is 154 Å². The fraction of sp³-hybridized carbons (Fsp3) is 0.429. The van der Waals surface area contributed by atoms with Gasteiger partial charge in [-0.25, -0.2) is 0 Å². The van der Waals surface area contributed by atoms with Gasteiger partial charge >= 0.3 is 0 Å². The molecule has 3 atom stereocenters. The highest BCUT2D eigenvalue weighted by molar-refractivity contribution is 5.79. The van der Waals surface area contributed by atoms with Gasteiger partial charge in [0, 0.05) is 38.6 Å². The van der Waals surface area contributed by atoms with E-state index in [0.29, 0.717) is 6.54 Å². The summed E-state index contributed by atoms with van der Waals surface area (Å²) in [5.41, 5.74) is 3.61. The molecule has 5 heteroatoms. The molecular weight excluding hydrogens is 326 g/mol. The van der Waals surface area contributed by atoms with Gasteiger partial charge in [0.1, 0.15) is 0 Å². The number of fused-ring (bicyclic) bond motifs is 2.